The fourth-order valence-electron chi connectivity index (χ4n) is 4.64. The summed E-state index contributed by atoms with van der Waals surface area (Å²) in [5.74, 6) is 1.97. The van der Waals surface area contributed by atoms with Crippen LogP contribution in [0.2, 0.25) is 0 Å². The molecule has 2 amide bonds. The van der Waals surface area contributed by atoms with Gasteiger partial charge in [0.25, 0.3) is 0 Å². The van der Waals surface area contributed by atoms with E-state index in [1.807, 2.05) is 4.68 Å². The van der Waals surface area contributed by atoms with Crippen molar-refractivity contribution in [3.63, 3.8) is 0 Å². The Labute approximate surface area is 149 Å². The lowest BCUT2D eigenvalue weighted by molar-refractivity contribution is 0.164. The number of hydrogen-bond donors (Lipinski definition) is 1. The number of nitrogens with zero attached hydrogens (tertiary/aromatic N) is 5. The smallest absolute Gasteiger partial charge is 0.318 e. The second kappa shape index (κ2) is 6.94. The third-order valence-corrected chi connectivity index (χ3v) is 6.09. The van der Waals surface area contributed by atoms with Gasteiger partial charge in [0.1, 0.15) is 5.82 Å². The van der Waals surface area contributed by atoms with Crippen molar-refractivity contribution in [3.8, 4) is 0 Å². The fraction of sp³-hybridized carbons (Fsp3) is 0.833. The van der Waals surface area contributed by atoms with Gasteiger partial charge in [-0.1, -0.05) is 13.8 Å². The summed E-state index contributed by atoms with van der Waals surface area (Å²) in [6.07, 6.45) is 6.13. The van der Waals surface area contributed by atoms with Crippen molar-refractivity contribution >= 4 is 6.03 Å². The highest BCUT2D eigenvalue weighted by atomic mass is 16.2. The maximum atomic E-state index is 13.0. The van der Waals surface area contributed by atoms with Crippen molar-refractivity contribution in [1.82, 2.24) is 29.9 Å². The van der Waals surface area contributed by atoms with E-state index in [1.165, 1.54) is 0 Å². The number of urea groups is 1. The van der Waals surface area contributed by atoms with E-state index in [1.54, 1.807) is 0 Å². The SMILES string of the molecule is CCc1nc2n(n1)CC(NC(=O)N1C3CCC1CN(CC)CC3)CC2. The molecule has 4 heterocycles. The molecule has 0 saturated carbocycles. The van der Waals surface area contributed by atoms with Gasteiger partial charge in [0.15, 0.2) is 5.82 Å². The Morgan fingerprint density at radius 2 is 2.00 bits per heavy atom. The molecule has 138 valence electrons. The van der Waals surface area contributed by atoms with E-state index in [0.29, 0.717) is 12.1 Å². The predicted molar refractivity (Wildman–Crippen MR) is 95.4 cm³/mol. The van der Waals surface area contributed by atoms with Gasteiger partial charge in [-0.25, -0.2) is 14.5 Å². The molecule has 4 rings (SSSR count). The molecule has 2 fully saturated rings. The zero-order valence-electron chi connectivity index (χ0n) is 15.4. The molecule has 3 aliphatic rings. The van der Waals surface area contributed by atoms with E-state index in [4.69, 9.17) is 0 Å². The third-order valence-electron chi connectivity index (χ3n) is 6.09. The predicted octanol–water partition coefficient (Wildman–Crippen LogP) is 1.42. The van der Waals surface area contributed by atoms with E-state index in [9.17, 15) is 4.79 Å². The number of amides is 2. The maximum Gasteiger partial charge on any atom is 0.318 e. The van der Waals surface area contributed by atoms with Crippen LogP contribution in [0.4, 0.5) is 4.79 Å². The van der Waals surface area contributed by atoms with Gasteiger partial charge in [0.05, 0.1) is 12.6 Å². The van der Waals surface area contributed by atoms with E-state index in [-0.39, 0.29) is 12.1 Å². The number of hydrogen-bond acceptors (Lipinski definition) is 4. The van der Waals surface area contributed by atoms with Crippen LogP contribution in [0.3, 0.4) is 0 Å². The minimum Gasteiger partial charge on any atom is -0.333 e. The topological polar surface area (TPSA) is 66.3 Å². The normalized spacial score (nSPS) is 29.4. The first-order valence-electron chi connectivity index (χ1n) is 9.91. The standard InChI is InChI=1S/C18H30N6O/c1-3-16-20-17-8-5-13(11-23(17)21-16)19-18(25)24-14-6-7-15(24)12-22(4-2)10-9-14/h13-15H,3-12H2,1-2H3,(H,19,25). The molecule has 1 N–H and O–H groups in total. The van der Waals surface area contributed by atoms with Gasteiger partial charge in [-0.15, -0.1) is 0 Å². The summed E-state index contributed by atoms with van der Waals surface area (Å²) < 4.78 is 1.99. The highest BCUT2D eigenvalue weighted by molar-refractivity contribution is 5.75. The second-order valence-corrected chi connectivity index (χ2v) is 7.64. The molecule has 1 aromatic heterocycles. The van der Waals surface area contributed by atoms with Crippen molar-refractivity contribution in [2.45, 2.75) is 77.0 Å². The Kier molecular flexibility index (Phi) is 4.67. The molecule has 25 heavy (non-hydrogen) atoms. The number of likely N-dealkylation sites (tertiary alicyclic amines) is 1. The maximum absolute atomic E-state index is 13.0. The lowest BCUT2D eigenvalue weighted by Gasteiger charge is -2.32. The molecule has 2 bridgehead atoms. The Morgan fingerprint density at radius 3 is 2.80 bits per heavy atom. The van der Waals surface area contributed by atoms with Gasteiger partial charge in [-0.2, -0.15) is 5.10 Å². The molecule has 0 aromatic carbocycles. The summed E-state index contributed by atoms with van der Waals surface area (Å²) in [6, 6.07) is 1.09. The Bertz CT molecular complexity index is 629. The summed E-state index contributed by atoms with van der Waals surface area (Å²) in [7, 11) is 0. The van der Waals surface area contributed by atoms with Gasteiger partial charge in [0, 0.05) is 38.0 Å². The van der Waals surface area contributed by atoms with Crippen molar-refractivity contribution in [3.05, 3.63) is 11.6 Å². The summed E-state index contributed by atoms with van der Waals surface area (Å²) in [5, 5.41) is 7.85. The largest absolute Gasteiger partial charge is 0.333 e. The lowest BCUT2D eigenvalue weighted by Crippen LogP contribution is -2.52. The van der Waals surface area contributed by atoms with Crippen molar-refractivity contribution in [1.29, 1.82) is 0 Å². The van der Waals surface area contributed by atoms with Crippen LogP contribution in [0.25, 0.3) is 0 Å². The van der Waals surface area contributed by atoms with E-state index in [0.717, 1.165) is 76.4 Å². The number of aryl methyl sites for hydroxylation is 2. The van der Waals surface area contributed by atoms with Crippen molar-refractivity contribution < 1.29 is 4.79 Å². The lowest BCUT2D eigenvalue weighted by atomic mass is 10.1. The summed E-state index contributed by atoms with van der Waals surface area (Å²) >= 11 is 0. The molecule has 0 spiro atoms. The first-order chi connectivity index (χ1) is 12.2. The minimum absolute atomic E-state index is 0.134. The number of likely N-dealkylation sites (N-methyl/N-ethyl adjacent to an activating group) is 1. The Balaban J connectivity index is 1.40. The molecule has 7 nitrogen and oxygen atoms in total. The Morgan fingerprint density at radius 1 is 1.16 bits per heavy atom. The van der Waals surface area contributed by atoms with Crippen LogP contribution >= 0.6 is 0 Å². The number of carbonyl (C=O) groups is 1. The van der Waals surface area contributed by atoms with Gasteiger partial charge in [0.2, 0.25) is 0 Å². The molecular formula is C18H30N6O. The molecule has 3 unspecified atom stereocenters. The molecule has 3 aliphatic heterocycles. The summed E-state index contributed by atoms with van der Waals surface area (Å²) in [4.78, 5) is 22.2. The fourth-order valence-corrected chi connectivity index (χ4v) is 4.64. The van der Waals surface area contributed by atoms with Crippen molar-refractivity contribution in [2.75, 3.05) is 19.6 Å². The van der Waals surface area contributed by atoms with Crippen LogP contribution in [-0.2, 0) is 19.4 Å². The summed E-state index contributed by atoms with van der Waals surface area (Å²) in [6.45, 7) is 8.26. The minimum atomic E-state index is 0.134. The number of rotatable bonds is 3. The Hall–Kier alpha value is -1.63. The van der Waals surface area contributed by atoms with Crippen LogP contribution in [0.5, 0.6) is 0 Å². The van der Waals surface area contributed by atoms with Gasteiger partial charge >= 0.3 is 6.03 Å². The highest BCUT2D eigenvalue weighted by Gasteiger charge is 2.40. The van der Waals surface area contributed by atoms with Gasteiger partial charge in [-0.05, 0) is 32.2 Å². The molecule has 0 aliphatic carbocycles. The van der Waals surface area contributed by atoms with Crippen molar-refractivity contribution in [2.24, 2.45) is 0 Å². The first-order valence-corrected chi connectivity index (χ1v) is 9.91. The molecule has 1 aromatic rings. The number of fused-ring (bicyclic) bond motifs is 3. The number of nitrogens with one attached hydrogen (secondary N) is 1. The first kappa shape index (κ1) is 16.8. The van der Waals surface area contributed by atoms with E-state index >= 15 is 0 Å². The zero-order chi connectivity index (χ0) is 17.4. The van der Waals surface area contributed by atoms with Crippen LogP contribution in [0.1, 0.15) is 51.2 Å². The van der Waals surface area contributed by atoms with Crippen LogP contribution in [0, 0.1) is 0 Å². The van der Waals surface area contributed by atoms with E-state index < -0.39 is 0 Å². The monoisotopic (exact) mass is 346 g/mol. The molecule has 3 atom stereocenters. The number of carbonyl (C=O) groups excluding carboxylic acids is 1. The summed E-state index contributed by atoms with van der Waals surface area (Å²) in [5.41, 5.74) is 0. The highest BCUT2D eigenvalue weighted by Crippen LogP contribution is 2.30. The second-order valence-electron chi connectivity index (χ2n) is 7.64. The quantitative estimate of drug-likeness (QED) is 0.899. The zero-order valence-corrected chi connectivity index (χ0v) is 15.4. The van der Waals surface area contributed by atoms with Crippen LogP contribution < -0.4 is 5.32 Å². The van der Waals surface area contributed by atoms with E-state index in [2.05, 4.69) is 39.0 Å². The molecule has 0 radical (unpaired) electrons. The molecule has 2 saturated heterocycles. The molecule has 7 heteroatoms. The number of aromatic nitrogens is 3. The average Bonchev–Trinajstić information content (AvgIpc) is 3.14. The van der Waals surface area contributed by atoms with Crippen LogP contribution in [-0.4, -0.2) is 68.4 Å². The van der Waals surface area contributed by atoms with Gasteiger partial charge in [-0.3, -0.25) is 0 Å². The third kappa shape index (κ3) is 3.26. The molecular weight excluding hydrogens is 316 g/mol. The average molecular weight is 346 g/mol. The van der Waals surface area contributed by atoms with Gasteiger partial charge < -0.3 is 15.1 Å². The van der Waals surface area contributed by atoms with Crippen LogP contribution in [0.15, 0.2) is 0 Å².